The van der Waals surface area contributed by atoms with Crippen LogP contribution in [0.1, 0.15) is 35.8 Å². The molecule has 3 rings (SSSR count). The van der Waals surface area contributed by atoms with Crippen molar-refractivity contribution in [2.45, 2.75) is 32.1 Å². The number of carbonyl (C=O) groups excluding carboxylic acids is 1. The maximum absolute atomic E-state index is 12.4. The van der Waals surface area contributed by atoms with Gasteiger partial charge in [-0.1, -0.05) is 0 Å². The lowest BCUT2D eigenvalue weighted by molar-refractivity contribution is -0.131. The Labute approximate surface area is 128 Å². The summed E-state index contributed by atoms with van der Waals surface area (Å²) in [7, 11) is 0. The molecular formula is C16H19N3OS. The molecule has 0 aromatic carbocycles. The fraction of sp³-hybridized carbons (Fsp3) is 0.438. The summed E-state index contributed by atoms with van der Waals surface area (Å²) in [6.07, 6.45) is 4.46. The number of aromatic nitrogens is 2. The summed E-state index contributed by atoms with van der Waals surface area (Å²) in [6.45, 7) is 3.55. The van der Waals surface area contributed by atoms with Crippen LogP contribution in [0.15, 0.2) is 29.1 Å². The maximum atomic E-state index is 12.4. The molecule has 21 heavy (non-hydrogen) atoms. The number of hydrogen-bond donors (Lipinski definition) is 0. The zero-order chi connectivity index (χ0) is 14.7. The molecule has 1 aliphatic rings. The van der Waals surface area contributed by atoms with Crippen LogP contribution in [0.4, 0.5) is 0 Å². The van der Waals surface area contributed by atoms with Crippen LogP contribution in [-0.2, 0) is 11.2 Å². The first-order valence-electron chi connectivity index (χ1n) is 7.31. The zero-order valence-electron chi connectivity index (χ0n) is 12.2. The Morgan fingerprint density at radius 1 is 1.48 bits per heavy atom. The van der Waals surface area contributed by atoms with Gasteiger partial charge in [-0.2, -0.15) is 11.3 Å². The lowest BCUT2D eigenvalue weighted by Crippen LogP contribution is -2.40. The normalized spacial score (nSPS) is 18.7. The smallest absolute Gasteiger partial charge is 0.227 e. The lowest BCUT2D eigenvalue weighted by Gasteiger charge is -2.32. The molecule has 5 heteroatoms. The predicted octanol–water partition coefficient (Wildman–Crippen LogP) is 2.80. The second kappa shape index (κ2) is 6.35. The molecule has 0 saturated carbocycles. The van der Waals surface area contributed by atoms with E-state index in [0.717, 1.165) is 43.0 Å². The molecule has 1 fully saturated rings. The third-order valence-electron chi connectivity index (χ3n) is 3.93. The third-order valence-corrected chi connectivity index (χ3v) is 4.66. The van der Waals surface area contributed by atoms with Gasteiger partial charge in [-0.25, -0.2) is 9.97 Å². The van der Waals surface area contributed by atoms with Crippen molar-refractivity contribution < 1.29 is 4.79 Å². The van der Waals surface area contributed by atoms with Crippen molar-refractivity contribution in [3.8, 4) is 0 Å². The largest absolute Gasteiger partial charge is 0.342 e. The first-order chi connectivity index (χ1) is 10.2. The van der Waals surface area contributed by atoms with E-state index in [1.807, 2.05) is 40.9 Å². The second-order valence-corrected chi connectivity index (χ2v) is 6.30. The van der Waals surface area contributed by atoms with Gasteiger partial charge in [0.05, 0.1) is 6.42 Å². The van der Waals surface area contributed by atoms with Crippen molar-refractivity contribution in [2.75, 3.05) is 13.1 Å². The van der Waals surface area contributed by atoms with E-state index in [-0.39, 0.29) is 5.91 Å². The zero-order valence-corrected chi connectivity index (χ0v) is 13.0. The number of amides is 1. The Hall–Kier alpha value is -1.75. The van der Waals surface area contributed by atoms with E-state index in [0.29, 0.717) is 12.3 Å². The predicted molar refractivity (Wildman–Crippen MR) is 83.3 cm³/mol. The van der Waals surface area contributed by atoms with E-state index in [2.05, 4.69) is 9.97 Å². The Kier molecular flexibility index (Phi) is 4.29. The number of hydrogen-bond acceptors (Lipinski definition) is 4. The van der Waals surface area contributed by atoms with Gasteiger partial charge in [0.25, 0.3) is 0 Å². The number of likely N-dealkylation sites (tertiary alicyclic amines) is 1. The number of rotatable bonds is 3. The van der Waals surface area contributed by atoms with Gasteiger partial charge in [0.15, 0.2) is 0 Å². The van der Waals surface area contributed by atoms with Crippen LogP contribution in [-0.4, -0.2) is 33.9 Å². The summed E-state index contributed by atoms with van der Waals surface area (Å²) in [4.78, 5) is 23.1. The van der Waals surface area contributed by atoms with E-state index >= 15 is 0 Å². The second-order valence-electron chi connectivity index (χ2n) is 5.52. The summed E-state index contributed by atoms with van der Waals surface area (Å²) < 4.78 is 0. The highest BCUT2D eigenvalue weighted by atomic mass is 32.1. The van der Waals surface area contributed by atoms with E-state index in [9.17, 15) is 4.79 Å². The summed E-state index contributed by atoms with van der Waals surface area (Å²) in [5.41, 5.74) is 2.18. The molecule has 0 spiro atoms. The molecule has 3 heterocycles. The fourth-order valence-corrected chi connectivity index (χ4v) is 3.50. The number of thiophene rings is 1. The summed E-state index contributed by atoms with van der Waals surface area (Å²) in [6, 6.07) is 4.00. The van der Waals surface area contributed by atoms with Gasteiger partial charge in [0.2, 0.25) is 5.91 Å². The van der Waals surface area contributed by atoms with Crippen molar-refractivity contribution in [3.63, 3.8) is 0 Å². The van der Waals surface area contributed by atoms with Crippen molar-refractivity contribution in [1.82, 2.24) is 14.9 Å². The van der Waals surface area contributed by atoms with E-state index in [1.165, 1.54) is 0 Å². The third kappa shape index (κ3) is 3.47. The molecule has 1 atom stereocenters. The monoisotopic (exact) mass is 301 g/mol. The minimum atomic E-state index is 0.226. The number of carbonyl (C=O) groups is 1. The molecule has 0 N–H and O–H groups in total. The van der Waals surface area contributed by atoms with E-state index in [1.54, 1.807) is 11.3 Å². The minimum absolute atomic E-state index is 0.226. The van der Waals surface area contributed by atoms with Gasteiger partial charge >= 0.3 is 0 Å². The molecule has 4 nitrogen and oxygen atoms in total. The minimum Gasteiger partial charge on any atom is -0.342 e. The summed E-state index contributed by atoms with van der Waals surface area (Å²) in [5, 5.41) is 4.07. The number of nitrogens with zero attached hydrogens (tertiary/aromatic N) is 3. The highest BCUT2D eigenvalue weighted by Crippen LogP contribution is 2.26. The Balaban J connectivity index is 1.66. The van der Waals surface area contributed by atoms with Crippen LogP contribution in [0, 0.1) is 6.92 Å². The molecular weight excluding hydrogens is 282 g/mol. The first-order valence-corrected chi connectivity index (χ1v) is 8.25. The topological polar surface area (TPSA) is 46.1 Å². The molecule has 110 valence electrons. The maximum Gasteiger partial charge on any atom is 0.227 e. The average Bonchev–Trinajstić information content (AvgIpc) is 3.00. The Morgan fingerprint density at radius 2 is 2.38 bits per heavy atom. The van der Waals surface area contributed by atoms with Crippen molar-refractivity contribution in [3.05, 3.63) is 46.2 Å². The highest BCUT2D eigenvalue weighted by Gasteiger charge is 2.25. The molecule has 2 aromatic rings. The average molecular weight is 301 g/mol. The van der Waals surface area contributed by atoms with Gasteiger partial charge in [-0.3, -0.25) is 4.79 Å². The molecule has 1 saturated heterocycles. The van der Waals surface area contributed by atoms with Crippen LogP contribution in [0.25, 0.3) is 0 Å². The van der Waals surface area contributed by atoms with E-state index in [4.69, 9.17) is 0 Å². The fourth-order valence-electron chi connectivity index (χ4n) is 2.83. The van der Waals surface area contributed by atoms with Gasteiger partial charge in [-0.15, -0.1) is 0 Å². The molecule has 0 aliphatic carbocycles. The highest BCUT2D eigenvalue weighted by molar-refractivity contribution is 7.07. The van der Waals surface area contributed by atoms with Crippen LogP contribution < -0.4 is 0 Å². The van der Waals surface area contributed by atoms with Crippen molar-refractivity contribution >= 4 is 17.2 Å². The standard InChI is InChI=1S/C16H19N3OS/c1-12-17-6-4-15(18-12)14-3-2-7-19(10-14)16(20)9-13-5-8-21-11-13/h4-6,8,11,14H,2-3,7,9-10H2,1H3/t14-/m0/s1. The van der Waals surface area contributed by atoms with Crippen LogP contribution in [0.3, 0.4) is 0 Å². The van der Waals surface area contributed by atoms with Gasteiger partial charge < -0.3 is 4.90 Å². The van der Waals surface area contributed by atoms with Crippen molar-refractivity contribution in [2.24, 2.45) is 0 Å². The van der Waals surface area contributed by atoms with Crippen LogP contribution in [0.2, 0.25) is 0 Å². The quantitative estimate of drug-likeness (QED) is 0.876. The van der Waals surface area contributed by atoms with Gasteiger partial charge in [0, 0.05) is 30.9 Å². The first kappa shape index (κ1) is 14.2. The summed E-state index contributed by atoms with van der Waals surface area (Å²) >= 11 is 1.64. The molecule has 2 aromatic heterocycles. The molecule has 0 unspecified atom stereocenters. The summed E-state index contributed by atoms with van der Waals surface area (Å²) in [5.74, 6) is 1.37. The Bertz CT molecular complexity index is 612. The number of aryl methyl sites for hydroxylation is 1. The Morgan fingerprint density at radius 3 is 3.14 bits per heavy atom. The lowest BCUT2D eigenvalue weighted by atomic mass is 9.94. The van der Waals surface area contributed by atoms with E-state index < -0.39 is 0 Å². The molecule has 1 aliphatic heterocycles. The SMILES string of the molecule is Cc1nccc([C@H]2CCCN(C(=O)Cc3ccsc3)C2)n1. The molecule has 0 bridgehead atoms. The van der Waals surface area contributed by atoms with Crippen LogP contribution in [0.5, 0.6) is 0 Å². The number of piperidine rings is 1. The van der Waals surface area contributed by atoms with Gasteiger partial charge in [0.1, 0.15) is 5.82 Å². The van der Waals surface area contributed by atoms with Gasteiger partial charge in [-0.05, 0) is 48.2 Å². The molecule has 1 amide bonds. The molecule has 0 radical (unpaired) electrons. The van der Waals surface area contributed by atoms with Crippen molar-refractivity contribution in [1.29, 1.82) is 0 Å². The van der Waals surface area contributed by atoms with Crippen LogP contribution >= 0.6 is 11.3 Å².